The van der Waals surface area contributed by atoms with Crippen molar-refractivity contribution in [1.29, 1.82) is 0 Å². The van der Waals surface area contributed by atoms with Crippen LogP contribution in [0.3, 0.4) is 0 Å². The number of carbonyl (C=O) groups is 1. The van der Waals surface area contributed by atoms with E-state index in [9.17, 15) is 4.79 Å². The molecule has 1 N–H and O–H groups in total. The van der Waals surface area contributed by atoms with Gasteiger partial charge in [0.05, 0.1) is 17.1 Å². The Labute approximate surface area is 178 Å². The van der Waals surface area contributed by atoms with Gasteiger partial charge in [0.1, 0.15) is 12.4 Å². The summed E-state index contributed by atoms with van der Waals surface area (Å²) in [4.78, 5) is 12.8. The summed E-state index contributed by atoms with van der Waals surface area (Å²) in [5, 5.41) is 5.96. The van der Waals surface area contributed by atoms with Gasteiger partial charge in [-0.05, 0) is 68.8 Å². The number of hydrogen-bond acceptors (Lipinski definition) is 4. The number of nitrogens with one attached hydrogen (secondary N) is 1. The van der Waals surface area contributed by atoms with Crippen molar-refractivity contribution in [3.63, 3.8) is 0 Å². The van der Waals surface area contributed by atoms with Crippen LogP contribution in [0.2, 0.25) is 0 Å². The molecule has 0 saturated carbocycles. The van der Waals surface area contributed by atoms with E-state index >= 15 is 0 Å². The maximum Gasteiger partial charge on any atom is 0.245 e. The summed E-state index contributed by atoms with van der Waals surface area (Å²) in [5.74, 6) is 0.610. The van der Waals surface area contributed by atoms with Gasteiger partial charge in [0.25, 0.3) is 0 Å². The molecule has 27 heavy (non-hydrogen) atoms. The quantitative estimate of drug-likeness (QED) is 0.337. The van der Waals surface area contributed by atoms with Crippen LogP contribution >= 0.6 is 43.2 Å². The van der Waals surface area contributed by atoms with Gasteiger partial charge in [-0.1, -0.05) is 34.1 Å². The number of amides is 1. The minimum absolute atomic E-state index is 0.137. The van der Waals surface area contributed by atoms with Crippen molar-refractivity contribution in [2.24, 2.45) is 5.10 Å². The fourth-order valence-electron chi connectivity index (χ4n) is 2.25. The first-order chi connectivity index (χ1) is 13.1. The van der Waals surface area contributed by atoms with Crippen molar-refractivity contribution in [3.05, 3.63) is 84.9 Å². The van der Waals surface area contributed by atoms with E-state index < -0.39 is 0 Å². The third-order valence-corrected chi connectivity index (χ3v) is 5.61. The van der Waals surface area contributed by atoms with Crippen molar-refractivity contribution in [3.8, 4) is 5.75 Å². The van der Waals surface area contributed by atoms with Crippen molar-refractivity contribution in [2.45, 2.75) is 13.0 Å². The molecule has 138 valence electrons. The molecule has 3 rings (SSSR count). The summed E-state index contributed by atoms with van der Waals surface area (Å²) in [7, 11) is 0. The monoisotopic (exact) mass is 506 g/mol. The smallest absolute Gasteiger partial charge is 0.245 e. The summed E-state index contributed by atoms with van der Waals surface area (Å²) < 4.78 is 7.71. The van der Waals surface area contributed by atoms with Crippen LogP contribution in [0.15, 0.2) is 74.0 Å². The van der Waals surface area contributed by atoms with Crippen LogP contribution in [0.25, 0.3) is 0 Å². The number of nitrogens with zero attached hydrogens (tertiary/aromatic N) is 1. The third kappa shape index (κ3) is 6.30. The average Bonchev–Trinajstić information content (AvgIpc) is 3.15. The number of hydrogen-bond donors (Lipinski definition) is 1. The molecular weight excluding hydrogens is 492 g/mol. The van der Waals surface area contributed by atoms with Crippen LogP contribution in [-0.2, 0) is 17.8 Å². The summed E-state index contributed by atoms with van der Waals surface area (Å²) in [6.45, 7) is 0.484. The Hall–Kier alpha value is -1.96. The molecule has 0 radical (unpaired) electrons. The van der Waals surface area contributed by atoms with Gasteiger partial charge >= 0.3 is 0 Å². The fourth-order valence-corrected chi connectivity index (χ4v) is 3.72. The van der Waals surface area contributed by atoms with Crippen molar-refractivity contribution < 1.29 is 9.53 Å². The molecule has 0 spiro atoms. The van der Waals surface area contributed by atoms with Crippen molar-refractivity contribution >= 4 is 55.3 Å². The topological polar surface area (TPSA) is 50.7 Å². The van der Waals surface area contributed by atoms with Crippen LogP contribution in [-0.4, -0.2) is 12.1 Å². The number of carbonyl (C=O) groups excluding carboxylic acids is 1. The van der Waals surface area contributed by atoms with Crippen LogP contribution in [0.1, 0.15) is 16.0 Å². The maximum absolute atomic E-state index is 11.8. The molecule has 7 heteroatoms. The van der Waals surface area contributed by atoms with Crippen LogP contribution in [0, 0.1) is 0 Å². The minimum atomic E-state index is -0.137. The second kappa shape index (κ2) is 9.82. The van der Waals surface area contributed by atoms with E-state index in [0.717, 1.165) is 30.7 Å². The molecule has 0 bridgehead atoms. The molecule has 0 unspecified atom stereocenters. The molecule has 1 heterocycles. The Kier molecular flexibility index (Phi) is 7.20. The predicted molar refractivity (Wildman–Crippen MR) is 116 cm³/mol. The lowest BCUT2D eigenvalue weighted by Gasteiger charge is -2.09. The third-order valence-electron chi connectivity index (χ3n) is 3.58. The Morgan fingerprint density at radius 1 is 1.15 bits per heavy atom. The van der Waals surface area contributed by atoms with Gasteiger partial charge in [-0.2, -0.15) is 5.10 Å². The molecule has 1 amide bonds. The first kappa shape index (κ1) is 19.8. The first-order valence-corrected chi connectivity index (χ1v) is 10.6. The van der Waals surface area contributed by atoms with Gasteiger partial charge in [-0.25, -0.2) is 5.43 Å². The Bertz CT molecular complexity index is 926. The zero-order chi connectivity index (χ0) is 19.1. The number of halogens is 2. The lowest BCUT2D eigenvalue weighted by atomic mass is 10.2. The molecule has 4 nitrogen and oxygen atoms in total. The highest BCUT2D eigenvalue weighted by atomic mass is 79.9. The fraction of sp³-hybridized carbons (Fsp3) is 0.100. The zero-order valence-electron chi connectivity index (χ0n) is 14.2. The first-order valence-electron chi connectivity index (χ1n) is 8.11. The molecule has 0 aliphatic rings. The summed E-state index contributed by atoms with van der Waals surface area (Å²) in [5.41, 5.74) is 4.48. The Balaban J connectivity index is 1.52. The van der Waals surface area contributed by atoms with Crippen LogP contribution < -0.4 is 10.2 Å². The Morgan fingerprint density at radius 2 is 1.96 bits per heavy atom. The minimum Gasteiger partial charge on any atom is -0.488 e. The van der Waals surface area contributed by atoms with E-state index in [-0.39, 0.29) is 5.91 Å². The predicted octanol–water partition coefficient (Wildman–Crippen LogP) is 5.54. The lowest BCUT2D eigenvalue weighted by Crippen LogP contribution is -2.19. The highest BCUT2D eigenvalue weighted by Gasteiger charge is 2.04. The molecule has 2 aromatic carbocycles. The molecule has 0 aliphatic carbocycles. The number of ether oxygens (including phenoxy) is 1. The number of hydrazone groups is 1. The molecule has 0 saturated heterocycles. The molecular formula is C20H16Br2N2O2S. The van der Waals surface area contributed by atoms with Crippen molar-refractivity contribution in [1.82, 2.24) is 5.43 Å². The second-order valence-electron chi connectivity index (χ2n) is 5.65. The average molecular weight is 508 g/mol. The Morgan fingerprint density at radius 3 is 2.67 bits per heavy atom. The second-order valence-corrected chi connectivity index (χ2v) is 8.46. The SMILES string of the molecule is O=C(Cc1cccs1)N/N=C\c1ccc(OCc2ccc(Br)cc2)c(Br)c1. The molecule has 0 aliphatic heterocycles. The molecule has 0 fully saturated rings. The van der Waals surface area contributed by atoms with E-state index in [1.165, 1.54) is 0 Å². The van der Waals surface area contributed by atoms with Gasteiger partial charge in [0.2, 0.25) is 5.91 Å². The van der Waals surface area contributed by atoms with Crippen LogP contribution in [0.4, 0.5) is 0 Å². The van der Waals surface area contributed by atoms with E-state index in [1.54, 1.807) is 17.6 Å². The van der Waals surface area contributed by atoms with E-state index in [2.05, 4.69) is 42.4 Å². The van der Waals surface area contributed by atoms with E-state index in [0.29, 0.717) is 13.0 Å². The van der Waals surface area contributed by atoms with E-state index in [1.807, 2.05) is 60.0 Å². The van der Waals surface area contributed by atoms with Crippen molar-refractivity contribution in [2.75, 3.05) is 0 Å². The number of thiophene rings is 1. The lowest BCUT2D eigenvalue weighted by molar-refractivity contribution is -0.120. The summed E-state index contributed by atoms with van der Waals surface area (Å²) >= 11 is 8.48. The van der Waals surface area contributed by atoms with Gasteiger partial charge < -0.3 is 4.74 Å². The summed E-state index contributed by atoms with van der Waals surface area (Å²) in [6.07, 6.45) is 1.94. The molecule has 0 atom stereocenters. The normalized spacial score (nSPS) is 10.9. The largest absolute Gasteiger partial charge is 0.488 e. The highest BCUT2D eigenvalue weighted by Crippen LogP contribution is 2.26. The van der Waals surface area contributed by atoms with Gasteiger partial charge in [0, 0.05) is 9.35 Å². The van der Waals surface area contributed by atoms with Crippen LogP contribution in [0.5, 0.6) is 5.75 Å². The maximum atomic E-state index is 11.8. The standard InChI is InChI=1S/C20H16Br2N2O2S/c21-16-6-3-14(4-7-16)13-26-19-8-5-15(10-18(19)22)12-23-24-20(25)11-17-2-1-9-27-17/h1-10,12H,11,13H2,(H,24,25)/b23-12-. The number of benzene rings is 2. The summed E-state index contributed by atoms with van der Waals surface area (Å²) in [6, 6.07) is 17.5. The molecule has 3 aromatic rings. The molecule has 1 aromatic heterocycles. The van der Waals surface area contributed by atoms with E-state index in [4.69, 9.17) is 4.74 Å². The van der Waals surface area contributed by atoms with Gasteiger partial charge in [0.15, 0.2) is 0 Å². The number of rotatable bonds is 7. The highest BCUT2D eigenvalue weighted by molar-refractivity contribution is 9.10. The van der Waals surface area contributed by atoms with Gasteiger partial charge in [-0.3, -0.25) is 4.79 Å². The van der Waals surface area contributed by atoms with Gasteiger partial charge in [-0.15, -0.1) is 11.3 Å². The zero-order valence-corrected chi connectivity index (χ0v) is 18.2.